The van der Waals surface area contributed by atoms with E-state index < -0.39 is 9.84 Å². The molecule has 87 valence electrons. The minimum atomic E-state index is -3.35. The van der Waals surface area contributed by atoms with Crippen LogP contribution < -0.4 is 0 Å². The molecule has 0 spiro atoms. The fourth-order valence-electron chi connectivity index (χ4n) is 1.52. The number of nitrogens with zero attached hydrogens (tertiary/aromatic N) is 2. The van der Waals surface area contributed by atoms with E-state index in [2.05, 4.69) is 16.2 Å². The first-order chi connectivity index (χ1) is 8.06. The molecule has 0 aliphatic carbocycles. The van der Waals surface area contributed by atoms with Gasteiger partial charge in [0.25, 0.3) is 0 Å². The second-order valence-corrected chi connectivity index (χ2v) is 5.38. The van der Waals surface area contributed by atoms with Crippen LogP contribution >= 0.6 is 0 Å². The Balaban J connectivity index is 2.49. The molecule has 4 nitrogen and oxygen atoms in total. The lowest BCUT2D eigenvalue weighted by molar-refractivity contribution is 0.603. The van der Waals surface area contributed by atoms with Gasteiger partial charge < -0.3 is 0 Å². The van der Waals surface area contributed by atoms with Gasteiger partial charge in [0, 0.05) is 18.0 Å². The van der Waals surface area contributed by atoms with Crippen LogP contribution in [0.3, 0.4) is 0 Å². The quantitative estimate of drug-likeness (QED) is 0.830. The van der Waals surface area contributed by atoms with Crippen molar-refractivity contribution in [2.75, 3.05) is 0 Å². The van der Waals surface area contributed by atoms with Crippen LogP contribution in [-0.2, 0) is 15.6 Å². The first kappa shape index (κ1) is 11.7. The van der Waals surface area contributed by atoms with Crippen molar-refractivity contribution in [2.24, 2.45) is 0 Å². The zero-order valence-corrected chi connectivity index (χ0v) is 9.89. The van der Waals surface area contributed by atoms with Crippen molar-refractivity contribution in [2.45, 2.75) is 5.75 Å². The minimum Gasteiger partial charge on any atom is -0.260 e. The van der Waals surface area contributed by atoms with Gasteiger partial charge in [0.05, 0.1) is 23.4 Å². The van der Waals surface area contributed by atoms with Crippen LogP contribution in [-0.4, -0.2) is 18.4 Å². The van der Waals surface area contributed by atoms with Gasteiger partial charge in [-0.3, -0.25) is 9.97 Å². The second kappa shape index (κ2) is 4.63. The maximum Gasteiger partial charge on any atom is 0.157 e. The molecule has 2 heterocycles. The highest BCUT2D eigenvalue weighted by Gasteiger charge is 2.12. The molecule has 0 amide bonds. The maximum atomic E-state index is 11.2. The molecular formula is C12H11N2O2S. The Morgan fingerprint density at radius 2 is 1.82 bits per heavy atom. The summed E-state index contributed by atoms with van der Waals surface area (Å²) >= 11 is 0. The molecule has 0 aromatic carbocycles. The third kappa shape index (κ3) is 3.10. The van der Waals surface area contributed by atoms with Crippen LogP contribution in [0.25, 0.3) is 11.3 Å². The highest BCUT2D eigenvalue weighted by atomic mass is 32.2. The Labute approximate surface area is 100 Å². The summed E-state index contributed by atoms with van der Waals surface area (Å²) in [5.41, 5.74) is 1.90. The standard InChI is InChI=1S/C12H11N2O2S/c1-17(15,16)9-12-10(5-4-8-14-12)11-6-2-3-7-13-11/h2-8H,1,9H2. The van der Waals surface area contributed by atoms with Gasteiger partial charge >= 0.3 is 0 Å². The van der Waals surface area contributed by atoms with Crippen molar-refractivity contribution in [3.8, 4) is 11.3 Å². The van der Waals surface area contributed by atoms with Crippen LogP contribution in [0.5, 0.6) is 0 Å². The summed E-state index contributed by atoms with van der Waals surface area (Å²) in [6.07, 6.45) is 6.33. The number of aromatic nitrogens is 2. The summed E-state index contributed by atoms with van der Waals surface area (Å²) < 4.78 is 22.4. The molecule has 0 saturated heterocycles. The summed E-state index contributed by atoms with van der Waals surface area (Å²) in [5, 5.41) is 0. The van der Waals surface area contributed by atoms with Crippen molar-refractivity contribution in [1.29, 1.82) is 0 Å². The summed E-state index contributed by atoms with van der Waals surface area (Å²) in [6, 6.07) is 9.02. The van der Waals surface area contributed by atoms with Gasteiger partial charge in [-0.1, -0.05) is 6.07 Å². The van der Waals surface area contributed by atoms with Gasteiger partial charge in [-0.05, 0) is 24.3 Å². The van der Waals surface area contributed by atoms with E-state index in [1.165, 1.54) is 0 Å². The smallest absolute Gasteiger partial charge is 0.157 e. The lowest BCUT2D eigenvalue weighted by Gasteiger charge is -2.06. The van der Waals surface area contributed by atoms with Crippen LogP contribution in [0.4, 0.5) is 0 Å². The zero-order chi connectivity index (χ0) is 12.3. The number of rotatable bonds is 3. The fraction of sp³-hybridized carbons (Fsp3) is 0.0833. The molecule has 0 aliphatic heterocycles. The molecule has 17 heavy (non-hydrogen) atoms. The van der Waals surface area contributed by atoms with Gasteiger partial charge in [-0.15, -0.1) is 0 Å². The third-order valence-corrected chi connectivity index (χ3v) is 2.90. The molecule has 0 N–H and O–H groups in total. The molecule has 0 aliphatic rings. The summed E-state index contributed by atoms with van der Waals surface area (Å²) in [7, 11) is -3.35. The van der Waals surface area contributed by atoms with Gasteiger partial charge in [0.2, 0.25) is 0 Å². The zero-order valence-electron chi connectivity index (χ0n) is 9.07. The molecule has 1 radical (unpaired) electrons. The summed E-state index contributed by atoms with van der Waals surface area (Å²) in [6.45, 7) is 0. The van der Waals surface area contributed by atoms with E-state index in [9.17, 15) is 8.42 Å². The van der Waals surface area contributed by atoms with Gasteiger partial charge in [0.1, 0.15) is 0 Å². The molecule has 5 heteroatoms. The maximum absolute atomic E-state index is 11.2. The average Bonchev–Trinajstić information content (AvgIpc) is 2.29. The largest absolute Gasteiger partial charge is 0.260 e. The Morgan fingerprint density at radius 1 is 1.06 bits per heavy atom. The molecule has 0 saturated carbocycles. The molecule has 2 aromatic rings. The predicted octanol–water partition coefficient (Wildman–Crippen LogP) is 1.85. The van der Waals surface area contributed by atoms with E-state index in [1.807, 2.05) is 12.1 Å². The number of hydrogen-bond acceptors (Lipinski definition) is 4. The molecule has 0 bridgehead atoms. The number of sulfone groups is 1. The summed E-state index contributed by atoms with van der Waals surface area (Å²) in [5.74, 6) is -0.181. The highest BCUT2D eigenvalue weighted by molar-refractivity contribution is 7.91. The Bertz CT molecular complexity index is 609. The SMILES string of the molecule is [CH2]S(=O)(=O)Cc1ncccc1-c1ccccn1. The molecule has 2 rings (SSSR count). The highest BCUT2D eigenvalue weighted by Crippen LogP contribution is 2.21. The molecule has 0 fully saturated rings. The lowest BCUT2D eigenvalue weighted by atomic mass is 10.1. The number of hydrogen-bond donors (Lipinski definition) is 0. The van der Waals surface area contributed by atoms with E-state index in [0.29, 0.717) is 11.4 Å². The van der Waals surface area contributed by atoms with Gasteiger partial charge in [-0.2, -0.15) is 0 Å². The number of pyridine rings is 2. The molecular weight excluding hydrogens is 236 g/mol. The van der Waals surface area contributed by atoms with Gasteiger partial charge in [0.15, 0.2) is 9.84 Å². The van der Waals surface area contributed by atoms with E-state index in [1.54, 1.807) is 30.6 Å². The van der Waals surface area contributed by atoms with Crippen LogP contribution in [0.15, 0.2) is 42.7 Å². The molecule has 2 aromatic heterocycles. The van der Waals surface area contributed by atoms with Crippen molar-refractivity contribution >= 4 is 9.84 Å². The van der Waals surface area contributed by atoms with E-state index >= 15 is 0 Å². The second-order valence-electron chi connectivity index (χ2n) is 3.60. The van der Waals surface area contributed by atoms with Crippen molar-refractivity contribution < 1.29 is 8.42 Å². The third-order valence-electron chi connectivity index (χ3n) is 2.19. The van der Waals surface area contributed by atoms with Crippen LogP contribution in [0, 0.1) is 6.26 Å². The predicted molar refractivity (Wildman–Crippen MR) is 65.4 cm³/mol. The monoisotopic (exact) mass is 247 g/mol. The average molecular weight is 247 g/mol. The van der Waals surface area contributed by atoms with Crippen molar-refractivity contribution in [1.82, 2.24) is 9.97 Å². The van der Waals surface area contributed by atoms with E-state index in [-0.39, 0.29) is 5.75 Å². The Morgan fingerprint density at radius 3 is 2.47 bits per heavy atom. The van der Waals surface area contributed by atoms with E-state index in [4.69, 9.17) is 0 Å². The Hall–Kier alpha value is -1.75. The normalized spacial score (nSPS) is 11.4. The van der Waals surface area contributed by atoms with Crippen molar-refractivity contribution in [3.63, 3.8) is 0 Å². The van der Waals surface area contributed by atoms with Crippen LogP contribution in [0.1, 0.15) is 5.69 Å². The molecule has 0 unspecified atom stereocenters. The first-order valence-corrected chi connectivity index (χ1v) is 6.79. The van der Waals surface area contributed by atoms with Gasteiger partial charge in [-0.25, -0.2) is 8.42 Å². The summed E-state index contributed by atoms with van der Waals surface area (Å²) in [4.78, 5) is 8.27. The fourth-order valence-corrected chi connectivity index (χ4v) is 2.16. The Kier molecular flexibility index (Phi) is 3.19. The van der Waals surface area contributed by atoms with Crippen molar-refractivity contribution in [3.05, 3.63) is 54.7 Å². The first-order valence-electron chi connectivity index (χ1n) is 4.97. The topological polar surface area (TPSA) is 59.9 Å². The molecule has 0 atom stereocenters. The minimum absolute atomic E-state index is 0.181. The lowest BCUT2D eigenvalue weighted by Crippen LogP contribution is -2.03. The van der Waals surface area contributed by atoms with Crippen LogP contribution in [0.2, 0.25) is 0 Å². The van der Waals surface area contributed by atoms with E-state index in [0.717, 1.165) is 5.56 Å².